The molecule has 362 valence electrons. The molecule has 1 saturated carbocycles. The summed E-state index contributed by atoms with van der Waals surface area (Å²) in [7, 11) is 1.69. The molecule has 5 aliphatic heterocycles. The summed E-state index contributed by atoms with van der Waals surface area (Å²) in [5.74, 6) is 1.83. The minimum atomic E-state index is -1.16. The highest BCUT2D eigenvalue weighted by Crippen LogP contribution is 2.48. The number of hydrogen-bond donors (Lipinski definition) is 4. The van der Waals surface area contributed by atoms with Crippen molar-refractivity contribution in [3.63, 3.8) is 0 Å². The normalized spacial score (nSPS) is 22.0. The van der Waals surface area contributed by atoms with Crippen LogP contribution < -0.4 is 35.6 Å². The Labute approximate surface area is 405 Å². The molecule has 5 aromatic rings. The second kappa shape index (κ2) is 18.7. The van der Waals surface area contributed by atoms with E-state index in [0.29, 0.717) is 84.4 Å². The van der Waals surface area contributed by atoms with Gasteiger partial charge in [-0.2, -0.15) is 0 Å². The van der Waals surface area contributed by atoms with Gasteiger partial charge < -0.3 is 40.5 Å². The van der Waals surface area contributed by atoms with Crippen molar-refractivity contribution < 1.29 is 33.0 Å². The largest absolute Gasteiger partial charge is 0.495 e. The zero-order chi connectivity index (χ0) is 48.1. The molecule has 5 fully saturated rings. The number of piperidine rings is 2. The van der Waals surface area contributed by atoms with E-state index < -0.39 is 23.2 Å². The van der Waals surface area contributed by atoms with E-state index >= 15 is 0 Å². The van der Waals surface area contributed by atoms with E-state index in [1.165, 1.54) is 30.7 Å². The van der Waals surface area contributed by atoms with Gasteiger partial charge in [-0.1, -0.05) is 6.58 Å². The van der Waals surface area contributed by atoms with Gasteiger partial charge in [0.1, 0.15) is 40.3 Å². The first-order chi connectivity index (χ1) is 34.0. The number of fused-ring (bicyclic) bond motifs is 4. The Morgan fingerprint density at radius 2 is 1.60 bits per heavy atom. The summed E-state index contributed by atoms with van der Waals surface area (Å²) >= 11 is 0. The maximum Gasteiger partial charge on any atom is 0.256 e. The van der Waals surface area contributed by atoms with Crippen LogP contribution in [0.25, 0.3) is 10.9 Å². The van der Waals surface area contributed by atoms with Gasteiger partial charge in [0, 0.05) is 99.3 Å². The Morgan fingerprint density at radius 1 is 0.886 bits per heavy atom. The van der Waals surface area contributed by atoms with Crippen LogP contribution in [-0.4, -0.2) is 119 Å². The van der Waals surface area contributed by atoms with Crippen LogP contribution in [0.5, 0.6) is 17.2 Å². The van der Waals surface area contributed by atoms with Crippen LogP contribution >= 0.6 is 0 Å². The van der Waals surface area contributed by atoms with Crippen LogP contribution in [0.1, 0.15) is 60.9 Å². The molecule has 2 bridgehead atoms. The number of allylic oxidation sites excluding steroid dienone is 1. The summed E-state index contributed by atoms with van der Waals surface area (Å²) in [6.45, 7) is 11.1. The number of aromatic nitrogens is 2. The Bertz CT molecular complexity index is 2870. The molecular weight excluding hydrogens is 892 g/mol. The molecule has 7 heterocycles. The van der Waals surface area contributed by atoms with E-state index in [0.717, 1.165) is 92.4 Å². The number of piperazine rings is 1. The zero-order valence-electron chi connectivity index (χ0n) is 39.2. The van der Waals surface area contributed by atoms with Crippen LogP contribution in [0.3, 0.4) is 0 Å². The maximum absolute atomic E-state index is 13.3. The molecule has 16 nitrogen and oxygen atoms in total. The second-order valence-corrected chi connectivity index (χ2v) is 19.6. The molecule has 70 heavy (non-hydrogen) atoms. The molecular formula is C53H57FN10O6. The number of methoxy groups -OCH3 is 1. The number of halogens is 1. The molecule has 3 atom stereocenters. The molecule has 4 saturated heterocycles. The molecule has 0 radical (unpaired) electrons. The fraction of sp³-hybridized carbons (Fsp3) is 0.396. The van der Waals surface area contributed by atoms with Crippen molar-refractivity contribution in [1.29, 1.82) is 0 Å². The van der Waals surface area contributed by atoms with Crippen molar-refractivity contribution in [3.8, 4) is 17.2 Å². The number of nitrogens with zero attached hydrogens (tertiary/aromatic N) is 6. The summed E-state index contributed by atoms with van der Waals surface area (Å²) in [5, 5.41) is 12.7. The minimum absolute atomic E-state index is 0.136. The quantitative estimate of drug-likeness (QED) is 0.0814. The molecule has 4 N–H and O–H groups in total. The molecule has 17 heteroatoms. The number of amides is 4. The van der Waals surface area contributed by atoms with E-state index in [9.17, 15) is 23.6 Å². The van der Waals surface area contributed by atoms with Crippen LogP contribution in [-0.2, 0) is 20.9 Å². The van der Waals surface area contributed by atoms with Crippen LogP contribution in [0, 0.1) is 17.2 Å². The first-order valence-corrected chi connectivity index (χ1v) is 24.4. The van der Waals surface area contributed by atoms with Gasteiger partial charge in [-0.15, -0.1) is 0 Å². The predicted octanol–water partition coefficient (Wildman–Crippen LogP) is 6.76. The smallest absolute Gasteiger partial charge is 0.256 e. The van der Waals surface area contributed by atoms with Crippen molar-refractivity contribution in [3.05, 3.63) is 114 Å². The van der Waals surface area contributed by atoms with Gasteiger partial charge in [-0.05, 0) is 129 Å². The molecule has 1 aliphatic carbocycles. The Balaban J connectivity index is 0.639. The number of nitrogens with one attached hydrogen (secondary N) is 4. The minimum Gasteiger partial charge on any atom is -0.495 e. The topological polar surface area (TPSA) is 174 Å². The summed E-state index contributed by atoms with van der Waals surface area (Å²) in [6.07, 6.45) is 8.90. The van der Waals surface area contributed by atoms with Crippen molar-refractivity contribution in [2.24, 2.45) is 11.3 Å². The third kappa shape index (κ3) is 8.99. The van der Waals surface area contributed by atoms with Crippen molar-refractivity contribution in [1.82, 2.24) is 30.0 Å². The molecule has 0 spiro atoms. The number of carbonyl (C=O) groups excluding carboxylic acids is 4. The summed E-state index contributed by atoms with van der Waals surface area (Å²) in [4.78, 5) is 70.7. The Kier molecular flexibility index (Phi) is 12.1. The Hall–Kier alpha value is -7.11. The third-order valence-electron chi connectivity index (χ3n) is 15.2. The lowest BCUT2D eigenvalue weighted by atomic mass is 9.95. The Morgan fingerprint density at radius 3 is 2.29 bits per heavy atom. The lowest BCUT2D eigenvalue weighted by molar-refractivity contribution is -0.131. The average Bonchev–Trinajstić information content (AvgIpc) is 3.83. The number of benzene rings is 3. The molecule has 2 aromatic heterocycles. The third-order valence-corrected chi connectivity index (χ3v) is 15.2. The van der Waals surface area contributed by atoms with E-state index in [1.807, 2.05) is 18.2 Å². The van der Waals surface area contributed by atoms with Gasteiger partial charge in [-0.25, -0.2) is 9.37 Å². The molecule has 1 unspecified atom stereocenters. The van der Waals surface area contributed by atoms with E-state index in [2.05, 4.69) is 53.6 Å². The van der Waals surface area contributed by atoms with Crippen molar-refractivity contribution in [2.75, 3.05) is 73.8 Å². The monoisotopic (exact) mass is 948 g/mol. The number of hydrogen-bond acceptors (Lipinski definition) is 12. The molecule has 6 aliphatic rings. The number of likely N-dealkylation sites (tertiary alicyclic amines) is 2. The predicted molar refractivity (Wildman–Crippen MR) is 263 cm³/mol. The first kappa shape index (κ1) is 45.3. The zero-order valence-corrected chi connectivity index (χ0v) is 39.2. The standard InChI is InChI=1S/C53H57FN10O6/c1-32-3-12-44(49(65)58-32)64-29-34-23-48(57-27-42(34)50(64)66)56-19-22-62-30-39-24-38(62)31-63(39)28-33-14-20-61(21-15-33)45-26-43-41(25-47(45)69-2)46(13-18-55-43)70-40-10-8-37(9-11-40)60-52(68)53(16-17-53)51(67)59-36-6-4-35(54)5-7-36/h4-11,13,18,23,25-27,33,38-39,44H,1,3,12,14-17,19-22,24,28-31H2,2H3,(H,56,57)(H,58,65)(H,59,67)(H,60,68)/t38-,39-,44?/m1/s1. The summed E-state index contributed by atoms with van der Waals surface area (Å²) in [6, 6.07) is 21.0. The SMILES string of the molecule is C=C1CCC(N2Cc3cc(NCCN4C[C@H]5C[C@@H]4CN5CC4CCN(c5cc6nccc(Oc7ccc(NC(=O)C8(C(=O)Nc9ccc(F)cc9)CC8)cc7)c6cc5OC)CC4)ncc3C2=O)C(=O)N1. The van der Waals surface area contributed by atoms with Crippen molar-refractivity contribution >= 4 is 57.4 Å². The lowest BCUT2D eigenvalue weighted by Gasteiger charge is -2.39. The van der Waals surface area contributed by atoms with E-state index in [4.69, 9.17) is 14.5 Å². The molecule has 3 aromatic carbocycles. The van der Waals surface area contributed by atoms with Gasteiger partial charge in [0.25, 0.3) is 5.91 Å². The van der Waals surface area contributed by atoms with E-state index in [1.54, 1.807) is 48.7 Å². The highest BCUT2D eigenvalue weighted by molar-refractivity contribution is 6.17. The number of carbonyl (C=O) groups is 4. The van der Waals surface area contributed by atoms with Crippen LogP contribution in [0.15, 0.2) is 97.5 Å². The van der Waals surface area contributed by atoms with Gasteiger partial charge >= 0.3 is 0 Å². The fourth-order valence-corrected chi connectivity index (χ4v) is 11.1. The van der Waals surface area contributed by atoms with Crippen molar-refractivity contribution in [2.45, 2.75) is 69.6 Å². The number of anilines is 4. The summed E-state index contributed by atoms with van der Waals surface area (Å²) < 4.78 is 25.7. The van der Waals surface area contributed by atoms with E-state index in [-0.39, 0.29) is 17.7 Å². The average molecular weight is 949 g/mol. The maximum atomic E-state index is 13.3. The summed E-state index contributed by atoms with van der Waals surface area (Å²) in [5.41, 5.74) is 3.80. The fourth-order valence-electron chi connectivity index (χ4n) is 11.1. The highest BCUT2D eigenvalue weighted by atomic mass is 19.1. The van der Waals surface area contributed by atoms with Gasteiger partial charge in [0.05, 0.1) is 23.9 Å². The lowest BCUT2D eigenvalue weighted by Crippen LogP contribution is -2.49. The second-order valence-electron chi connectivity index (χ2n) is 19.6. The molecule has 11 rings (SSSR count). The molecule has 4 amide bonds. The van der Waals surface area contributed by atoms with Crippen LogP contribution in [0.2, 0.25) is 0 Å². The van der Waals surface area contributed by atoms with Gasteiger partial charge in [0.15, 0.2) is 0 Å². The van der Waals surface area contributed by atoms with Gasteiger partial charge in [-0.3, -0.25) is 34.0 Å². The first-order valence-electron chi connectivity index (χ1n) is 24.4. The number of ether oxygens (including phenoxy) is 2. The number of pyridine rings is 2. The van der Waals surface area contributed by atoms with Crippen LogP contribution in [0.4, 0.5) is 27.3 Å². The number of rotatable bonds is 15. The van der Waals surface area contributed by atoms with Gasteiger partial charge in [0.2, 0.25) is 17.7 Å². The highest BCUT2D eigenvalue weighted by Gasteiger charge is 2.56.